The Morgan fingerprint density at radius 1 is 1.33 bits per heavy atom. The normalized spacial score (nSPS) is 12.7. The van der Waals surface area contributed by atoms with Crippen molar-refractivity contribution in [1.82, 2.24) is 9.97 Å². The maximum Gasteiger partial charge on any atom is 0.434 e. The number of hydrogen-bond acceptors (Lipinski definition) is 2. The van der Waals surface area contributed by atoms with Crippen LogP contribution < -0.4 is 0 Å². The molecule has 1 heterocycles. The maximum absolute atomic E-state index is 12.1. The fraction of sp³-hybridized carbons (Fsp3) is 0.200. The van der Waals surface area contributed by atoms with Gasteiger partial charge in [-0.15, -0.1) is 0 Å². The molecule has 0 aliphatic heterocycles. The van der Waals surface area contributed by atoms with Crippen molar-refractivity contribution in [3.63, 3.8) is 0 Å². The zero-order chi connectivity index (χ0) is 11.5. The fourth-order valence-electron chi connectivity index (χ4n) is 0.994. The van der Waals surface area contributed by atoms with Gasteiger partial charge in [0.15, 0.2) is 5.69 Å². The summed E-state index contributed by atoms with van der Waals surface area (Å²) in [6, 6.07) is 0. The largest absolute Gasteiger partial charge is 0.434 e. The van der Waals surface area contributed by atoms with Crippen molar-refractivity contribution in [2.75, 3.05) is 0 Å². The van der Waals surface area contributed by atoms with Crippen molar-refractivity contribution < 1.29 is 13.2 Å². The van der Waals surface area contributed by atoms with Crippen molar-refractivity contribution in [2.24, 2.45) is 0 Å². The molecule has 0 aromatic carbocycles. The van der Waals surface area contributed by atoms with Crippen LogP contribution in [0, 0.1) is 0 Å². The molecule has 0 fully saturated rings. The van der Waals surface area contributed by atoms with Crippen LogP contribution in [-0.2, 0) is 6.18 Å². The summed E-state index contributed by atoms with van der Waals surface area (Å²) in [6.07, 6.45) is 0.555. The standard InChI is InChI=1S/C10H9F3N2/c1-3-7(4-2)8-5-15-9(6-14-8)10(11,12)13/h3-6H,1H2,2H3. The van der Waals surface area contributed by atoms with E-state index in [1.54, 1.807) is 13.0 Å². The Morgan fingerprint density at radius 2 is 2.00 bits per heavy atom. The Hall–Kier alpha value is -1.65. The van der Waals surface area contributed by atoms with Crippen LogP contribution in [0.25, 0.3) is 5.57 Å². The van der Waals surface area contributed by atoms with Gasteiger partial charge in [0.05, 0.1) is 18.1 Å². The van der Waals surface area contributed by atoms with E-state index < -0.39 is 11.9 Å². The van der Waals surface area contributed by atoms with E-state index in [9.17, 15) is 13.2 Å². The first kappa shape index (κ1) is 11.4. The molecule has 0 unspecified atom stereocenters. The van der Waals surface area contributed by atoms with E-state index in [2.05, 4.69) is 16.5 Å². The molecule has 1 rings (SSSR count). The van der Waals surface area contributed by atoms with Crippen molar-refractivity contribution in [1.29, 1.82) is 0 Å². The zero-order valence-electron chi connectivity index (χ0n) is 8.04. The molecule has 0 spiro atoms. The average Bonchev–Trinajstić information content (AvgIpc) is 2.19. The van der Waals surface area contributed by atoms with E-state index in [-0.39, 0.29) is 0 Å². The number of halogens is 3. The third-order valence-electron chi connectivity index (χ3n) is 1.77. The van der Waals surface area contributed by atoms with Gasteiger partial charge in [-0.25, -0.2) is 4.98 Å². The molecule has 0 N–H and O–H groups in total. The molecule has 0 aliphatic rings. The second kappa shape index (κ2) is 4.25. The number of alkyl halides is 3. The van der Waals surface area contributed by atoms with Gasteiger partial charge in [-0.05, 0) is 12.5 Å². The molecule has 0 radical (unpaired) electrons. The fourth-order valence-corrected chi connectivity index (χ4v) is 0.994. The molecule has 1 aromatic heterocycles. The van der Waals surface area contributed by atoms with E-state index in [1.807, 2.05) is 0 Å². The monoisotopic (exact) mass is 214 g/mol. The molecular weight excluding hydrogens is 205 g/mol. The Kier molecular flexibility index (Phi) is 3.24. The first-order chi connectivity index (χ1) is 6.99. The molecule has 0 bridgehead atoms. The predicted molar refractivity (Wildman–Crippen MR) is 50.9 cm³/mol. The molecule has 2 nitrogen and oxygen atoms in total. The van der Waals surface area contributed by atoms with Crippen molar-refractivity contribution in [3.8, 4) is 0 Å². The maximum atomic E-state index is 12.1. The lowest BCUT2D eigenvalue weighted by Gasteiger charge is -2.05. The first-order valence-electron chi connectivity index (χ1n) is 4.17. The Labute approximate surface area is 85.2 Å². The summed E-state index contributed by atoms with van der Waals surface area (Å²) in [7, 11) is 0. The Balaban J connectivity index is 3.05. The number of aromatic nitrogens is 2. The van der Waals surface area contributed by atoms with Gasteiger partial charge < -0.3 is 0 Å². The highest BCUT2D eigenvalue weighted by Gasteiger charge is 2.32. The smallest absolute Gasteiger partial charge is 0.252 e. The van der Waals surface area contributed by atoms with Crippen LogP contribution in [0.3, 0.4) is 0 Å². The quantitative estimate of drug-likeness (QED) is 0.707. The number of allylic oxidation sites excluding steroid dienone is 3. The molecule has 0 aliphatic carbocycles. The minimum Gasteiger partial charge on any atom is -0.252 e. The highest BCUT2D eigenvalue weighted by atomic mass is 19.4. The topological polar surface area (TPSA) is 25.8 Å². The van der Waals surface area contributed by atoms with E-state index >= 15 is 0 Å². The van der Waals surface area contributed by atoms with Crippen LogP contribution >= 0.6 is 0 Å². The van der Waals surface area contributed by atoms with Crippen LogP contribution in [0.2, 0.25) is 0 Å². The van der Waals surface area contributed by atoms with E-state index in [0.29, 0.717) is 17.5 Å². The second-order valence-corrected chi connectivity index (χ2v) is 2.73. The lowest BCUT2D eigenvalue weighted by molar-refractivity contribution is -0.141. The summed E-state index contributed by atoms with van der Waals surface area (Å²) >= 11 is 0. The highest BCUT2D eigenvalue weighted by molar-refractivity contribution is 5.70. The Morgan fingerprint density at radius 3 is 2.33 bits per heavy atom. The van der Waals surface area contributed by atoms with E-state index in [1.165, 1.54) is 6.08 Å². The van der Waals surface area contributed by atoms with Crippen LogP contribution in [0.4, 0.5) is 13.2 Å². The molecule has 0 atom stereocenters. The summed E-state index contributed by atoms with van der Waals surface area (Å²) in [5.74, 6) is 0. The molecule has 0 saturated carbocycles. The van der Waals surface area contributed by atoms with Crippen molar-refractivity contribution in [3.05, 3.63) is 42.5 Å². The minimum absolute atomic E-state index is 0.375. The zero-order valence-corrected chi connectivity index (χ0v) is 8.04. The van der Waals surface area contributed by atoms with Crippen LogP contribution in [0.15, 0.2) is 31.1 Å². The molecule has 1 aromatic rings. The lowest BCUT2D eigenvalue weighted by Crippen LogP contribution is -2.08. The number of rotatable bonds is 2. The molecule has 5 heteroatoms. The summed E-state index contributed by atoms with van der Waals surface area (Å²) in [4.78, 5) is 6.96. The van der Waals surface area contributed by atoms with Gasteiger partial charge in [-0.1, -0.05) is 18.7 Å². The minimum atomic E-state index is -4.45. The first-order valence-corrected chi connectivity index (χ1v) is 4.17. The summed E-state index contributed by atoms with van der Waals surface area (Å²) in [5.41, 5.74) is 0.0301. The van der Waals surface area contributed by atoms with E-state index in [4.69, 9.17) is 0 Å². The van der Waals surface area contributed by atoms with Gasteiger partial charge in [0.25, 0.3) is 0 Å². The van der Waals surface area contributed by atoms with Gasteiger partial charge in [-0.2, -0.15) is 13.2 Å². The van der Waals surface area contributed by atoms with Crippen LogP contribution in [0.5, 0.6) is 0 Å². The van der Waals surface area contributed by atoms with Crippen molar-refractivity contribution in [2.45, 2.75) is 13.1 Å². The highest BCUT2D eigenvalue weighted by Crippen LogP contribution is 2.27. The van der Waals surface area contributed by atoms with Gasteiger partial charge >= 0.3 is 6.18 Å². The van der Waals surface area contributed by atoms with Gasteiger partial charge in [0.1, 0.15) is 0 Å². The summed E-state index contributed by atoms with van der Waals surface area (Å²) in [5, 5.41) is 0. The van der Waals surface area contributed by atoms with Crippen LogP contribution in [0.1, 0.15) is 18.3 Å². The second-order valence-electron chi connectivity index (χ2n) is 2.73. The third-order valence-corrected chi connectivity index (χ3v) is 1.77. The Bertz CT molecular complexity index is 377. The molecule has 15 heavy (non-hydrogen) atoms. The molecule has 0 amide bonds. The van der Waals surface area contributed by atoms with Crippen molar-refractivity contribution >= 4 is 5.57 Å². The van der Waals surface area contributed by atoms with Gasteiger partial charge in [0.2, 0.25) is 0 Å². The molecular formula is C10H9F3N2. The lowest BCUT2D eigenvalue weighted by atomic mass is 10.2. The van der Waals surface area contributed by atoms with Gasteiger partial charge in [-0.3, -0.25) is 4.98 Å². The molecule has 80 valence electrons. The van der Waals surface area contributed by atoms with Gasteiger partial charge in [0, 0.05) is 0 Å². The van der Waals surface area contributed by atoms with Crippen LogP contribution in [-0.4, -0.2) is 9.97 Å². The predicted octanol–water partition coefficient (Wildman–Crippen LogP) is 3.08. The number of hydrogen-bond donors (Lipinski definition) is 0. The summed E-state index contributed by atoms with van der Waals surface area (Å²) in [6.45, 7) is 5.27. The molecule has 0 saturated heterocycles. The summed E-state index contributed by atoms with van der Waals surface area (Å²) < 4.78 is 36.4. The van der Waals surface area contributed by atoms with E-state index in [0.717, 1.165) is 6.20 Å². The third kappa shape index (κ3) is 2.65. The average molecular weight is 214 g/mol. The number of nitrogens with zero attached hydrogens (tertiary/aromatic N) is 2. The SMILES string of the molecule is C=CC(=CC)c1cnc(C(F)(F)F)cn1.